The molecule has 0 radical (unpaired) electrons. The van der Waals surface area contributed by atoms with Gasteiger partial charge in [0, 0.05) is 0 Å². The second-order valence-electron chi connectivity index (χ2n) is 1.78. The molecule has 10 heavy (non-hydrogen) atoms. The zero-order chi connectivity index (χ0) is 7.40. The lowest BCUT2D eigenvalue weighted by atomic mass is 10.4. The van der Waals surface area contributed by atoms with Crippen LogP contribution in [0.25, 0.3) is 0 Å². The third-order valence-corrected chi connectivity index (χ3v) is 3.18. The molecule has 0 spiro atoms. The highest BCUT2D eigenvalue weighted by Gasteiger charge is 2.16. The first-order chi connectivity index (χ1) is 4.84. The molecule has 1 aromatic rings. The van der Waals surface area contributed by atoms with Crippen molar-refractivity contribution in [1.29, 1.82) is 0 Å². The van der Waals surface area contributed by atoms with Gasteiger partial charge in [0.1, 0.15) is 0 Å². The molecule has 0 aliphatic rings. The molecule has 2 nitrogen and oxygen atoms in total. The van der Waals surface area contributed by atoms with Crippen LogP contribution >= 0.6 is 8.03 Å². The van der Waals surface area contributed by atoms with Crippen molar-refractivity contribution in [3.05, 3.63) is 30.3 Å². The first-order valence-corrected chi connectivity index (χ1v) is 4.90. The van der Waals surface area contributed by atoms with Crippen molar-refractivity contribution in [3.63, 3.8) is 0 Å². The van der Waals surface area contributed by atoms with Crippen molar-refractivity contribution in [2.24, 2.45) is 0 Å². The van der Waals surface area contributed by atoms with E-state index in [1.165, 1.54) is 0 Å². The van der Waals surface area contributed by atoms with Crippen molar-refractivity contribution in [2.75, 3.05) is 0 Å². The van der Waals surface area contributed by atoms with Crippen LogP contribution in [0.3, 0.4) is 0 Å². The monoisotopic (exact) mass is 171 g/mol. The van der Waals surface area contributed by atoms with Gasteiger partial charge in [0.05, 0.1) is 0 Å². The second kappa shape index (κ2) is 3.61. The van der Waals surface area contributed by atoms with Gasteiger partial charge in [-0.1, -0.05) is 18.2 Å². The molecule has 0 saturated carbocycles. The van der Waals surface area contributed by atoms with Gasteiger partial charge in [0.15, 0.2) is 0 Å². The summed E-state index contributed by atoms with van der Waals surface area (Å²) in [6.45, 7) is 0. The lowest BCUT2D eigenvalue weighted by Crippen LogP contribution is -1.94. The maximum Gasteiger partial charge on any atom is 0.535 e. The molecule has 4 heteroatoms. The molecule has 0 amide bonds. The van der Waals surface area contributed by atoms with Crippen LogP contribution < -0.4 is 5.30 Å². The minimum atomic E-state index is -1.56. The molecule has 0 bridgehead atoms. The molecule has 1 unspecified atom stereocenters. The third kappa shape index (κ3) is 1.74. The quantitative estimate of drug-likeness (QED) is 0.474. The zero-order valence-corrected chi connectivity index (χ0v) is 8.54. The van der Waals surface area contributed by atoms with Crippen LogP contribution in [0.1, 0.15) is 0 Å². The van der Waals surface area contributed by atoms with Crippen LogP contribution in [0.15, 0.2) is 30.3 Å². The van der Waals surface area contributed by atoms with Crippen LogP contribution in [-0.4, -0.2) is 10.5 Å². The molecule has 52 valence electrons. The van der Waals surface area contributed by atoms with Gasteiger partial charge in [0.25, 0.3) is 0 Å². The van der Waals surface area contributed by atoms with Crippen LogP contribution in [-0.2, 0) is 8.78 Å². The molecule has 1 atom stereocenters. The number of benzene rings is 1. The summed E-state index contributed by atoms with van der Waals surface area (Å²) in [6, 6.07) is 9.19. The van der Waals surface area contributed by atoms with E-state index in [0.717, 1.165) is 5.30 Å². The third-order valence-electron chi connectivity index (χ3n) is 1.13. The summed E-state index contributed by atoms with van der Waals surface area (Å²) in [5.74, 6) is 0. The van der Waals surface area contributed by atoms with E-state index in [1.54, 1.807) is 12.1 Å². The van der Waals surface area contributed by atoms with Gasteiger partial charge in [-0.05, 0) is 16.7 Å². The zero-order valence-electron chi connectivity index (χ0n) is 5.65. The molecule has 0 saturated heterocycles. The highest BCUT2D eigenvalue weighted by atomic mass is 31.1. The summed E-state index contributed by atoms with van der Waals surface area (Å²) in [5.41, 5.74) is 0. The molecule has 0 N–H and O–H groups in total. The minimum absolute atomic E-state index is 0.524. The summed E-state index contributed by atoms with van der Waals surface area (Å²) >= 11 is 0. The summed E-state index contributed by atoms with van der Waals surface area (Å²) in [6.07, 6.45) is 0. The summed E-state index contributed by atoms with van der Waals surface area (Å²) < 4.78 is 15.8. The van der Waals surface area contributed by atoms with E-state index < -0.39 is 8.03 Å². The molecule has 0 aliphatic carbocycles. The van der Waals surface area contributed by atoms with E-state index in [0.29, 0.717) is 10.5 Å². The highest BCUT2D eigenvalue weighted by molar-refractivity contribution is 7.49. The van der Waals surface area contributed by atoms with Gasteiger partial charge in [-0.3, -0.25) is 0 Å². The first kappa shape index (κ1) is 7.60. The molecular formula is C6H8O2PSi+. The van der Waals surface area contributed by atoms with E-state index >= 15 is 0 Å². The van der Waals surface area contributed by atoms with Crippen LogP contribution in [0, 0.1) is 0 Å². The van der Waals surface area contributed by atoms with E-state index in [9.17, 15) is 4.57 Å². The average Bonchev–Trinajstić information content (AvgIpc) is 2.05. The molecule has 0 aliphatic heterocycles. The van der Waals surface area contributed by atoms with E-state index in [2.05, 4.69) is 0 Å². The van der Waals surface area contributed by atoms with Gasteiger partial charge in [-0.2, -0.15) is 0 Å². The van der Waals surface area contributed by atoms with E-state index in [-0.39, 0.29) is 0 Å². The van der Waals surface area contributed by atoms with Crippen molar-refractivity contribution in [2.45, 2.75) is 0 Å². The SMILES string of the molecule is O=[P+](O[SiH3])c1ccccc1. The van der Waals surface area contributed by atoms with Crippen LogP contribution in [0.2, 0.25) is 0 Å². The van der Waals surface area contributed by atoms with Crippen LogP contribution in [0.5, 0.6) is 0 Å². The Bertz CT molecular complexity index is 224. The first-order valence-electron chi connectivity index (χ1n) is 2.91. The Morgan fingerprint density at radius 2 is 1.90 bits per heavy atom. The molecule has 0 fully saturated rings. The van der Waals surface area contributed by atoms with Gasteiger partial charge < -0.3 is 0 Å². The fourth-order valence-electron chi connectivity index (χ4n) is 0.655. The standard InChI is InChI=1S/C6H8O2PSi/c7-9(8-10)6-4-2-1-3-5-6/h1-5H,10H3/q+1. The normalized spacial score (nSPS) is 11.4. The number of hydrogen-bond donors (Lipinski definition) is 0. The van der Waals surface area contributed by atoms with Gasteiger partial charge >= 0.3 is 8.03 Å². The fourth-order valence-corrected chi connectivity index (χ4v) is 1.91. The predicted molar refractivity (Wildman–Crippen MR) is 44.7 cm³/mol. The number of rotatable bonds is 2. The Balaban J connectivity index is 2.85. The Morgan fingerprint density at radius 1 is 1.30 bits per heavy atom. The fraction of sp³-hybridized carbons (Fsp3) is 0. The smallest absolute Gasteiger partial charge is 0.209 e. The lowest BCUT2D eigenvalue weighted by molar-refractivity contribution is 0.534. The van der Waals surface area contributed by atoms with Gasteiger partial charge in [-0.25, -0.2) is 4.21 Å². The predicted octanol–water partition coefficient (Wildman–Crippen LogP) is 0.351. The van der Waals surface area contributed by atoms with Crippen molar-refractivity contribution < 1.29 is 8.78 Å². The Kier molecular flexibility index (Phi) is 2.75. The molecule has 1 aromatic carbocycles. The Hall–Kier alpha value is -0.503. The summed E-state index contributed by atoms with van der Waals surface area (Å²) in [5, 5.41) is 0.771. The number of hydrogen-bond acceptors (Lipinski definition) is 2. The van der Waals surface area contributed by atoms with Crippen molar-refractivity contribution in [1.82, 2.24) is 0 Å². The molecule has 1 rings (SSSR count). The van der Waals surface area contributed by atoms with E-state index in [1.807, 2.05) is 18.2 Å². The largest absolute Gasteiger partial charge is 0.535 e. The lowest BCUT2D eigenvalue weighted by Gasteiger charge is -1.81. The maximum atomic E-state index is 11.0. The van der Waals surface area contributed by atoms with Crippen molar-refractivity contribution in [3.8, 4) is 0 Å². The Morgan fingerprint density at radius 3 is 2.40 bits per heavy atom. The average molecular weight is 171 g/mol. The van der Waals surface area contributed by atoms with Gasteiger partial charge in [-0.15, -0.1) is 0 Å². The van der Waals surface area contributed by atoms with Gasteiger partial charge in [0.2, 0.25) is 15.8 Å². The highest BCUT2D eigenvalue weighted by Crippen LogP contribution is 2.17. The topological polar surface area (TPSA) is 26.3 Å². The maximum absolute atomic E-state index is 11.0. The summed E-state index contributed by atoms with van der Waals surface area (Å²) in [7, 11) is -1.04. The molecule has 0 heterocycles. The van der Waals surface area contributed by atoms with E-state index in [4.69, 9.17) is 4.21 Å². The second-order valence-corrected chi connectivity index (χ2v) is 4.27. The van der Waals surface area contributed by atoms with Crippen molar-refractivity contribution >= 4 is 23.8 Å². The summed E-state index contributed by atoms with van der Waals surface area (Å²) in [4.78, 5) is 0. The molecular weight excluding hydrogens is 163 g/mol. The Labute approximate surface area is 63.6 Å². The van der Waals surface area contributed by atoms with Crippen LogP contribution in [0.4, 0.5) is 0 Å². The molecule has 0 aromatic heterocycles. The minimum Gasteiger partial charge on any atom is -0.209 e.